The van der Waals surface area contributed by atoms with Crippen LogP contribution in [-0.2, 0) is 12.0 Å². The molecule has 1 N–H and O–H groups in total. The number of aromatic nitrogens is 1. The molecule has 0 saturated carbocycles. The lowest BCUT2D eigenvalue weighted by atomic mass is 9.86. The first-order chi connectivity index (χ1) is 9.15. The largest absolute Gasteiger partial charge is 0.497 e. The Bertz CT molecular complexity index is 594. The van der Waals surface area contributed by atoms with Gasteiger partial charge in [-0.05, 0) is 17.7 Å². The molecule has 19 heavy (non-hydrogen) atoms. The third kappa shape index (κ3) is 1.81. The molecular weight excluding hydrogens is 238 g/mol. The predicted octanol–water partition coefficient (Wildman–Crippen LogP) is 1.99. The maximum atomic E-state index is 11.1. The molecule has 0 saturated heterocycles. The second kappa shape index (κ2) is 4.35. The summed E-state index contributed by atoms with van der Waals surface area (Å²) in [5.41, 5.74) is 1.25. The summed E-state index contributed by atoms with van der Waals surface area (Å²) in [6.07, 6.45) is 2.67. The third-order valence-corrected chi connectivity index (χ3v) is 4.13. The molecule has 1 aromatic carbocycles. The number of rotatable bonds is 2. The zero-order valence-electron chi connectivity index (χ0n) is 11.2. The normalized spacial score (nSPS) is 25.1. The number of aliphatic hydroxyl groups is 1. The summed E-state index contributed by atoms with van der Waals surface area (Å²) in [5.74, 6) is 0.808. The Balaban J connectivity index is 2.01. The molecule has 0 spiro atoms. The van der Waals surface area contributed by atoms with E-state index in [2.05, 4.69) is 17.6 Å². The smallest absolute Gasteiger partial charge is 0.188 e. The first-order valence-electron chi connectivity index (χ1n) is 6.51. The van der Waals surface area contributed by atoms with Gasteiger partial charge in [0.15, 0.2) is 23.5 Å². The molecule has 0 aliphatic carbocycles. The van der Waals surface area contributed by atoms with Crippen LogP contribution in [0.1, 0.15) is 24.2 Å². The van der Waals surface area contributed by atoms with E-state index >= 15 is 0 Å². The fourth-order valence-corrected chi connectivity index (χ4v) is 2.90. The van der Waals surface area contributed by atoms with Gasteiger partial charge >= 0.3 is 0 Å². The molecule has 0 radical (unpaired) electrons. The molecule has 0 bridgehead atoms. The first-order valence-corrected chi connectivity index (χ1v) is 6.51. The highest BCUT2D eigenvalue weighted by atomic mass is 16.5. The summed E-state index contributed by atoms with van der Waals surface area (Å²) in [7, 11) is 1.65. The number of methoxy groups -OCH3 is 1. The highest BCUT2D eigenvalue weighted by Gasteiger charge is 2.50. The van der Waals surface area contributed by atoms with Crippen LogP contribution in [0.25, 0.3) is 0 Å². The molecule has 2 atom stereocenters. The standard InChI is InChI=1S/C16H18NO2/c1-12-16(18,11-14-5-3-4-10-17(12)14)13-6-8-15(19-2)9-7-13/h3-10,12,18H,11H2,1-2H3/q+1/t12-,16-/m1/s1. The Labute approximate surface area is 113 Å². The van der Waals surface area contributed by atoms with Gasteiger partial charge in [-0.1, -0.05) is 18.2 Å². The number of benzene rings is 1. The van der Waals surface area contributed by atoms with Crippen LogP contribution in [0.3, 0.4) is 0 Å². The molecule has 2 heterocycles. The highest BCUT2D eigenvalue weighted by molar-refractivity contribution is 5.32. The Kier molecular flexibility index (Phi) is 2.79. The lowest BCUT2D eigenvalue weighted by Gasteiger charge is -2.23. The number of hydrogen-bond acceptors (Lipinski definition) is 2. The van der Waals surface area contributed by atoms with Crippen LogP contribution in [0, 0.1) is 0 Å². The molecule has 0 amide bonds. The van der Waals surface area contributed by atoms with Crippen molar-refractivity contribution >= 4 is 0 Å². The van der Waals surface area contributed by atoms with Crippen molar-refractivity contribution in [3.8, 4) is 5.75 Å². The van der Waals surface area contributed by atoms with Gasteiger partial charge in [0.05, 0.1) is 13.5 Å². The van der Waals surface area contributed by atoms with Gasteiger partial charge in [-0.15, -0.1) is 0 Å². The number of nitrogens with zero attached hydrogens (tertiary/aromatic N) is 1. The summed E-state index contributed by atoms with van der Waals surface area (Å²) in [6.45, 7) is 2.06. The van der Waals surface area contributed by atoms with Gasteiger partial charge in [0, 0.05) is 19.1 Å². The van der Waals surface area contributed by atoms with Crippen molar-refractivity contribution in [1.29, 1.82) is 0 Å². The van der Waals surface area contributed by atoms with Crippen molar-refractivity contribution in [3.63, 3.8) is 0 Å². The van der Waals surface area contributed by atoms with Crippen molar-refractivity contribution in [2.75, 3.05) is 7.11 Å². The van der Waals surface area contributed by atoms with Crippen molar-refractivity contribution in [3.05, 3.63) is 59.9 Å². The zero-order valence-corrected chi connectivity index (χ0v) is 11.2. The molecule has 1 aliphatic rings. The lowest BCUT2D eigenvalue weighted by molar-refractivity contribution is -0.723. The summed E-state index contributed by atoms with van der Waals surface area (Å²) >= 11 is 0. The molecule has 3 heteroatoms. The molecule has 3 nitrogen and oxygen atoms in total. The van der Waals surface area contributed by atoms with E-state index in [9.17, 15) is 5.11 Å². The van der Waals surface area contributed by atoms with E-state index in [0.717, 1.165) is 17.0 Å². The quantitative estimate of drug-likeness (QED) is 0.834. The zero-order chi connectivity index (χ0) is 13.5. The minimum atomic E-state index is -0.847. The van der Waals surface area contributed by atoms with Gasteiger partial charge in [0.2, 0.25) is 0 Å². The second-order valence-corrected chi connectivity index (χ2v) is 5.10. The van der Waals surface area contributed by atoms with E-state index in [1.807, 2.05) is 42.6 Å². The molecule has 1 aliphatic heterocycles. The van der Waals surface area contributed by atoms with E-state index in [4.69, 9.17) is 4.74 Å². The van der Waals surface area contributed by atoms with Crippen molar-refractivity contribution in [2.45, 2.75) is 25.0 Å². The molecule has 0 fully saturated rings. The van der Waals surface area contributed by atoms with Crippen molar-refractivity contribution in [1.82, 2.24) is 0 Å². The van der Waals surface area contributed by atoms with Crippen LogP contribution in [0.2, 0.25) is 0 Å². The maximum absolute atomic E-state index is 11.1. The summed E-state index contributed by atoms with van der Waals surface area (Å²) in [4.78, 5) is 0. The third-order valence-electron chi connectivity index (χ3n) is 4.13. The van der Waals surface area contributed by atoms with Gasteiger partial charge in [0.25, 0.3) is 0 Å². The number of fused-ring (bicyclic) bond motifs is 1. The predicted molar refractivity (Wildman–Crippen MR) is 71.9 cm³/mol. The molecule has 1 aromatic heterocycles. The van der Waals surface area contributed by atoms with Crippen molar-refractivity contribution < 1.29 is 14.4 Å². The van der Waals surface area contributed by atoms with Crippen LogP contribution in [0.15, 0.2) is 48.7 Å². The number of pyridine rings is 1. The SMILES string of the molecule is COc1ccc([C@@]2(O)Cc3cccc[n+]3[C@@H]2C)cc1. The monoisotopic (exact) mass is 256 g/mol. The molecule has 0 unspecified atom stereocenters. The average Bonchev–Trinajstić information content (AvgIpc) is 2.72. The fraction of sp³-hybridized carbons (Fsp3) is 0.312. The van der Waals surface area contributed by atoms with Crippen LogP contribution in [0.5, 0.6) is 5.75 Å². The summed E-state index contributed by atoms with van der Waals surface area (Å²) in [5, 5.41) is 11.1. The van der Waals surface area contributed by atoms with E-state index < -0.39 is 5.60 Å². The maximum Gasteiger partial charge on any atom is 0.188 e. The van der Waals surface area contributed by atoms with E-state index in [1.54, 1.807) is 7.11 Å². The van der Waals surface area contributed by atoms with Gasteiger partial charge in [0.1, 0.15) is 5.75 Å². The Morgan fingerprint density at radius 2 is 1.95 bits per heavy atom. The molecular formula is C16H18NO2+. The lowest BCUT2D eigenvalue weighted by Crippen LogP contribution is -2.43. The summed E-state index contributed by atoms with van der Waals surface area (Å²) < 4.78 is 7.31. The van der Waals surface area contributed by atoms with Gasteiger partial charge in [-0.2, -0.15) is 4.57 Å². The van der Waals surface area contributed by atoms with Crippen molar-refractivity contribution in [2.24, 2.45) is 0 Å². The van der Waals surface area contributed by atoms with Crippen LogP contribution < -0.4 is 9.30 Å². The molecule has 3 rings (SSSR count). The minimum Gasteiger partial charge on any atom is -0.497 e. The van der Waals surface area contributed by atoms with Gasteiger partial charge in [-0.3, -0.25) is 0 Å². The molecule has 2 aromatic rings. The Morgan fingerprint density at radius 3 is 2.58 bits per heavy atom. The summed E-state index contributed by atoms with van der Waals surface area (Å²) in [6, 6.07) is 13.8. The average molecular weight is 256 g/mol. The van der Waals surface area contributed by atoms with E-state index in [-0.39, 0.29) is 6.04 Å². The molecule has 98 valence electrons. The number of hydrogen-bond donors (Lipinski definition) is 1. The Hall–Kier alpha value is -1.87. The first kappa shape index (κ1) is 12.2. The Morgan fingerprint density at radius 1 is 1.21 bits per heavy atom. The minimum absolute atomic E-state index is 0.0251. The van der Waals surface area contributed by atoms with Gasteiger partial charge in [-0.25, -0.2) is 0 Å². The van der Waals surface area contributed by atoms with Crippen LogP contribution in [0.4, 0.5) is 0 Å². The highest BCUT2D eigenvalue weighted by Crippen LogP contribution is 2.38. The van der Waals surface area contributed by atoms with Crippen LogP contribution in [-0.4, -0.2) is 12.2 Å². The fourth-order valence-electron chi connectivity index (χ4n) is 2.90. The van der Waals surface area contributed by atoms with E-state index in [0.29, 0.717) is 6.42 Å². The second-order valence-electron chi connectivity index (χ2n) is 5.10. The topological polar surface area (TPSA) is 33.3 Å². The number of ether oxygens (including phenoxy) is 1. The van der Waals surface area contributed by atoms with E-state index in [1.165, 1.54) is 0 Å². The van der Waals surface area contributed by atoms with Gasteiger partial charge < -0.3 is 9.84 Å². The van der Waals surface area contributed by atoms with Crippen LogP contribution >= 0.6 is 0 Å².